The van der Waals surface area contributed by atoms with Crippen molar-refractivity contribution in [2.24, 2.45) is 5.73 Å². The van der Waals surface area contributed by atoms with Gasteiger partial charge in [0.1, 0.15) is 0 Å². The summed E-state index contributed by atoms with van der Waals surface area (Å²) in [5, 5.41) is 0. The summed E-state index contributed by atoms with van der Waals surface area (Å²) in [6, 6.07) is 0.210. The lowest BCUT2D eigenvalue weighted by Crippen LogP contribution is -2.39. The minimum atomic E-state index is -0.134. The molecule has 102 valence electrons. The van der Waals surface area contributed by atoms with E-state index >= 15 is 0 Å². The predicted molar refractivity (Wildman–Crippen MR) is 67.8 cm³/mol. The summed E-state index contributed by atoms with van der Waals surface area (Å²) >= 11 is 0. The Morgan fingerprint density at radius 1 is 1.12 bits per heavy atom. The molecule has 0 radical (unpaired) electrons. The van der Waals surface area contributed by atoms with Gasteiger partial charge in [-0.15, -0.1) is 0 Å². The second-order valence-corrected chi connectivity index (χ2v) is 4.49. The van der Waals surface area contributed by atoms with Crippen molar-refractivity contribution in [2.45, 2.75) is 64.4 Å². The lowest BCUT2D eigenvalue weighted by molar-refractivity contribution is -0.150. The molecule has 0 heterocycles. The molecule has 0 aromatic carbocycles. The van der Waals surface area contributed by atoms with E-state index in [0.717, 1.165) is 19.3 Å². The first kappa shape index (κ1) is 14.9. The Morgan fingerprint density at radius 3 is 2.35 bits per heavy atom. The monoisotopic (exact) mass is 245 g/mol. The predicted octanol–water partition coefficient (Wildman–Crippen LogP) is 2.06. The average molecular weight is 245 g/mol. The molecule has 1 aliphatic carbocycles. The van der Waals surface area contributed by atoms with Gasteiger partial charge < -0.3 is 19.9 Å². The molecule has 2 N–H and O–H groups in total. The molecule has 1 saturated carbocycles. The zero-order valence-electron chi connectivity index (χ0n) is 11.2. The molecule has 4 heteroatoms. The van der Waals surface area contributed by atoms with E-state index in [9.17, 15) is 0 Å². The van der Waals surface area contributed by atoms with Gasteiger partial charge in [0.2, 0.25) is 0 Å². The third-order valence-corrected chi connectivity index (χ3v) is 3.14. The van der Waals surface area contributed by atoms with Crippen molar-refractivity contribution in [3.8, 4) is 0 Å². The maximum atomic E-state index is 6.03. The van der Waals surface area contributed by atoms with Crippen LogP contribution in [0.5, 0.6) is 0 Å². The van der Waals surface area contributed by atoms with E-state index in [-0.39, 0.29) is 18.4 Å². The quantitative estimate of drug-likeness (QED) is 0.665. The first-order chi connectivity index (χ1) is 8.27. The van der Waals surface area contributed by atoms with Crippen LogP contribution in [0.3, 0.4) is 0 Å². The van der Waals surface area contributed by atoms with Crippen LogP contribution < -0.4 is 5.73 Å². The SMILES string of the molecule is CCOC(CCOC1CCCCC1N)OCC. The van der Waals surface area contributed by atoms with Crippen LogP contribution in [0.4, 0.5) is 0 Å². The molecule has 0 aromatic rings. The van der Waals surface area contributed by atoms with E-state index in [1.54, 1.807) is 0 Å². The van der Waals surface area contributed by atoms with Crippen molar-refractivity contribution in [1.29, 1.82) is 0 Å². The topological polar surface area (TPSA) is 53.7 Å². The molecule has 2 unspecified atom stereocenters. The van der Waals surface area contributed by atoms with Crippen LogP contribution in [0.2, 0.25) is 0 Å². The van der Waals surface area contributed by atoms with Crippen LogP contribution in [-0.4, -0.2) is 38.3 Å². The lowest BCUT2D eigenvalue weighted by Gasteiger charge is -2.29. The van der Waals surface area contributed by atoms with E-state index in [2.05, 4.69) is 0 Å². The van der Waals surface area contributed by atoms with Crippen molar-refractivity contribution < 1.29 is 14.2 Å². The first-order valence-corrected chi connectivity index (χ1v) is 6.88. The molecule has 0 amide bonds. The maximum Gasteiger partial charge on any atom is 0.159 e. The fourth-order valence-corrected chi connectivity index (χ4v) is 2.23. The van der Waals surface area contributed by atoms with E-state index in [4.69, 9.17) is 19.9 Å². The van der Waals surface area contributed by atoms with Crippen LogP contribution in [0.25, 0.3) is 0 Å². The zero-order valence-corrected chi connectivity index (χ0v) is 11.2. The summed E-state index contributed by atoms with van der Waals surface area (Å²) in [7, 11) is 0. The fraction of sp³-hybridized carbons (Fsp3) is 1.00. The Balaban J connectivity index is 2.15. The van der Waals surface area contributed by atoms with Crippen LogP contribution in [0, 0.1) is 0 Å². The van der Waals surface area contributed by atoms with E-state index in [1.807, 2.05) is 13.8 Å². The molecule has 0 spiro atoms. The van der Waals surface area contributed by atoms with E-state index in [0.29, 0.717) is 19.8 Å². The second-order valence-electron chi connectivity index (χ2n) is 4.49. The van der Waals surface area contributed by atoms with Gasteiger partial charge in [0.15, 0.2) is 6.29 Å². The Hall–Kier alpha value is -0.160. The lowest BCUT2D eigenvalue weighted by atomic mass is 9.93. The number of ether oxygens (including phenoxy) is 3. The highest BCUT2D eigenvalue weighted by Gasteiger charge is 2.22. The van der Waals surface area contributed by atoms with E-state index < -0.39 is 0 Å². The van der Waals surface area contributed by atoms with Crippen molar-refractivity contribution >= 4 is 0 Å². The Bertz CT molecular complexity index is 184. The number of rotatable bonds is 8. The van der Waals surface area contributed by atoms with Crippen molar-refractivity contribution in [2.75, 3.05) is 19.8 Å². The van der Waals surface area contributed by atoms with Crippen molar-refractivity contribution in [3.63, 3.8) is 0 Å². The van der Waals surface area contributed by atoms with Gasteiger partial charge in [0.25, 0.3) is 0 Å². The second kappa shape index (κ2) is 8.86. The largest absolute Gasteiger partial charge is 0.376 e. The molecule has 1 rings (SSSR count). The van der Waals surface area contributed by atoms with Gasteiger partial charge in [-0.3, -0.25) is 0 Å². The van der Waals surface area contributed by atoms with Gasteiger partial charge in [-0.25, -0.2) is 0 Å². The maximum absolute atomic E-state index is 6.03. The smallest absolute Gasteiger partial charge is 0.159 e. The van der Waals surface area contributed by atoms with Crippen LogP contribution in [0.15, 0.2) is 0 Å². The van der Waals surface area contributed by atoms with Gasteiger partial charge in [-0.05, 0) is 26.7 Å². The highest BCUT2D eigenvalue weighted by atomic mass is 16.7. The molecule has 17 heavy (non-hydrogen) atoms. The molecule has 0 aliphatic heterocycles. The molecular weight excluding hydrogens is 218 g/mol. The number of nitrogens with two attached hydrogens (primary N) is 1. The van der Waals surface area contributed by atoms with Crippen LogP contribution in [0.1, 0.15) is 46.0 Å². The average Bonchev–Trinajstić information content (AvgIpc) is 2.32. The summed E-state index contributed by atoms with van der Waals surface area (Å²) in [6.07, 6.45) is 5.53. The molecule has 1 fully saturated rings. The normalized spacial score (nSPS) is 25.4. The van der Waals surface area contributed by atoms with Gasteiger partial charge in [0, 0.05) is 25.7 Å². The first-order valence-electron chi connectivity index (χ1n) is 6.88. The van der Waals surface area contributed by atoms with Crippen molar-refractivity contribution in [3.05, 3.63) is 0 Å². The van der Waals surface area contributed by atoms with Crippen molar-refractivity contribution in [1.82, 2.24) is 0 Å². The molecule has 1 aliphatic rings. The van der Waals surface area contributed by atoms with Gasteiger partial charge in [-0.1, -0.05) is 12.8 Å². The summed E-state index contributed by atoms with van der Waals surface area (Å²) in [6.45, 7) is 5.97. The summed E-state index contributed by atoms with van der Waals surface area (Å²) in [4.78, 5) is 0. The Morgan fingerprint density at radius 2 is 1.76 bits per heavy atom. The molecular formula is C13H27NO3. The number of hydrogen-bond acceptors (Lipinski definition) is 4. The third-order valence-electron chi connectivity index (χ3n) is 3.14. The molecule has 4 nitrogen and oxygen atoms in total. The van der Waals surface area contributed by atoms with E-state index in [1.165, 1.54) is 12.8 Å². The van der Waals surface area contributed by atoms with Crippen LogP contribution in [-0.2, 0) is 14.2 Å². The highest BCUT2D eigenvalue weighted by molar-refractivity contribution is 4.78. The van der Waals surface area contributed by atoms with Crippen LogP contribution >= 0.6 is 0 Å². The molecule has 0 saturated heterocycles. The third kappa shape index (κ3) is 5.82. The minimum Gasteiger partial charge on any atom is -0.376 e. The molecule has 0 aromatic heterocycles. The minimum absolute atomic E-state index is 0.134. The summed E-state index contributed by atoms with van der Waals surface area (Å²) < 4.78 is 16.8. The summed E-state index contributed by atoms with van der Waals surface area (Å²) in [5.74, 6) is 0. The Kier molecular flexibility index (Phi) is 7.77. The Labute approximate surface area is 105 Å². The van der Waals surface area contributed by atoms with Gasteiger partial charge >= 0.3 is 0 Å². The molecule has 0 bridgehead atoms. The zero-order chi connectivity index (χ0) is 12.5. The van der Waals surface area contributed by atoms with Gasteiger partial charge in [0.05, 0.1) is 12.7 Å². The number of hydrogen-bond donors (Lipinski definition) is 1. The highest BCUT2D eigenvalue weighted by Crippen LogP contribution is 2.20. The van der Waals surface area contributed by atoms with Gasteiger partial charge in [-0.2, -0.15) is 0 Å². The standard InChI is InChI=1S/C13H27NO3/c1-3-15-13(16-4-2)9-10-17-12-8-6-5-7-11(12)14/h11-13H,3-10,14H2,1-2H3. The fourth-order valence-electron chi connectivity index (χ4n) is 2.23. The summed E-state index contributed by atoms with van der Waals surface area (Å²) in [5.41, 5.74) is 6.03. The molecule has 2 atom stereocenters.